The number of hydrogen-bond acceptors (Lipinski definition) is 3. The minimum absolute atomic E-state index is 0.0251. The highest BCUT2D eigenvalue weighted by Gasteiger charge is 2.31. The zero-order valence-corrected chi connectivity index (χ0v) is 11.6. The maximum Gasteiger partial charge on any atom is 0.269 e. The highest BCUT2D eigenvalue weighted by atomic mass is 16.6. The number of nitrogens with zero attached hydrogens (tertiary/aromatic N) is 1. The van der Waals surface area contributed by atoms with Gasteiger partial charge in [0.15, 0.2) is 0 Å². The molecule has 0 saturated carbocycles. The molecule has 1 aromatic carbocycles. The summed E-state index contributed by atoms with van der Waals surface area (Å²) in [7, 11) is 1.64. The zero-order chi connectivity index (χ0) is 14.7. The Bertz CT molecular complexity index is 549. The molecule has 0 radical (unpaired) electrons. The minimum Gasteiger partial charge on any atom is -0.359 e. The van der Waals surface area contributed by atoms with Crippen molar-refractivity contribution in [2.24, 2.45) is 5.92 Å². The highest BCUT2D eigenvalue weighted by Crippen LogP contribution is 2.38. The molecule has 20 heavy (non-hydrogen) atoms. The SMILES string of the molecule is CNC(=O)C1CC=C(C)CC1c1ccc([N+](=O)[O-])cc1. The molecule has 0 aromatic heterocycles. The van der Waals surface area contributed by atoms with Crippen LogP contribution in [0.5, 0.6) is 0 Å². The first-order chi connectivity index (χ1) is 9.52. The summed E-state index contributed by atoms with van der Waals surface area (Å²) in [4.78, 5) is 22.3. The Morgan fingerprint density at radius 2 is 2.00 bits per heavy atom. The number of non-ortho nitro benzene ring substituents is 1. The van der Waals surface area contributed by atoms with Crippen molar-refractivity contribution in [1.82, 2.24) is 5.32 Å². The second-order valence-corrected chi connectivity index (χ2v) is 5.17. The van der Waals surface area contributed by atoms with Crippen molar-refractivity contribution in [1.29, 1.82) is 0 Å². The van der Waals surface area contributed by atoms with Crippen LogP contribution >= 0.6 is 0 Å². The third-order valence-corrected chi connectivity index (χ3v) is 3.86. The lowest BCUT2D eigenvalue weighted by Gasteiger charge is -2.29. The highest BCUT2D eigenvalue weighted by molar-refractivity contribution is 5.80. The Kier molecular flexibility index (Phi) is 4.17. The van der Waals surface area contributed by atoms with E-state index >= 15 is 0 Å². The topological polar surface area (TPSA) is 72.2 Å². The van der Waals surface area contributed by atoms with Gasteiger partial charge in [-0.25, -0.2) is 0 Å². The lowest BCUT2D eigenvalue weighted by atomic mass is 9.75. The largest absolute Gasteiger partial charge is 0.359 e. The Hall–Kier alpha value is -2.17. The van der Waals surface area contributed by atoms with Gasteiger partial charge in [0, 0.05) is 25.1 Å². The van der Waals surface area contributed by atoms with E-state index in [1.54, 1.807) is 19.2 Å². The van der Waals surface area contributed by atoms with Crippen LogP contribution in [0.15, 0.2) is 35.9 Å². The third-order valence-electron chi connectivity index (χ3n) is 3.86. The van der Waals surface area contributed by atoms with E-state index in [-0.39, 0.29) is 23.4 Å². The molecule has 1 amide bonds. The molecule has 2 unspecified atom stereocenters. The maximum absolute atomic E-state index is 12.0. The quantitative estimate of drug-likeness (QED) is 0.523. The number of carbonyl (C=O) groups is 1. The predicted molar refractivity (Wildman–Crippen MR) is 76.4 cm³/mol. The molecule has 5 heteroatoms. The van der Waals surface area contributed by atoms with Crippen LogP contribution in [0.2, 0.25) is 0 Å². The summed E-state index contributed by atoms with van der Waals surface area (Å²) >= 11 is 0. The fourth-order valence-electron chi connectivity index (χ4n) is 2.73. The van der Waals surface area contributed by atoms with E-state index in [1.807, 2.05) is 0 Å². The van der Waals surface area contributed by atoms with Gasteiger partial charge in [-0.15, -0.1) is 0 Å². The summed E-state index contributed by atoms with van der Waals surface area (Å²) in [5.74, 6) is 0.00279. The van der Waals surface area contributed by atoms with Gasteiger partial charge in [-0.2, -0.15) is 0 Å². The summed E-state index contributed by atoms with van der Waals surface area (Å²) in [5.41, 5.74) is 2.32. The molecule has 2 atom stereocenters. The van der Waals surface area contributed by atoms with Gasteiger partial charge in [0.2, 0.25) is 5.91 Å². The smallest absolute Gasteiger partial charge is 0.269 e. The van der Waals surface area contributed by atoms with Gasteiger partial charge in [0.25, 0.3) is 5.69 Å². The molecule has 0 saturated heterocycles. The summed E-state index contributed by atoms with van der Waals surface area (Å²) in [6, 6.07) is 6.53. The number of allylic oxidation sites excluding steroid dienone is 2. The number of hydrogen-bond donors (Lipinski definition) is 1. The van der Waals surface area contributed by atoms with E-state index < -0.39 is 4.92 Å². The Morgan fingerprint density at radius 3 is 2.55 bits per heavy atom. The van der Waals surface area contributed by atoms with Gasteiger partial charge >= 0.3 is 0 Å². The molecule has 0 spiro atoms. The van der Waals surface area contributed by atoms with Crippen LogP contribution in [0, 0.1) is 16.0 Å². The standard InChI is InChI=1S/C15H18N2O3/c1-10-3-8-13(15(18)16-2)14(9-10)11-4-6-12(7-5-11)17(19)20/h3-7,13-14H,8-9H2,1-2H3,(H,16,18). The van der Waals surface area contributed by atoms with E-state index in [0.29, 0.717) is 6.42 Å². The average Bonchev–Trinajstić information content (AvgIpc) is 2.46. The van der Waals surface area contributed by atoms with E-state index in [2.05, 4.69) is 18.3 Å². The van der Waals surface area contributed by atoms with Crippen LogP contribution in [0.4, 0.5) is 5.69 Å². The lowest BCUT2D eigenvalue weighted by molar-refractivity contribution is -0.384. The molecule has 1 aliphatic rings. The fourth-order valence-corrected chi connectivity index (χ4v) is 2.73. The molecule has 1 aliphatic carbocycles. The number of nitro benzene ring substituents is 1. The third kappa shape index (κ3) is 2.87. The van der Waals surface area contributed by atoms with E-state index in [0.717, 1.165) is 12.0 Å². The molecule has 0 aliphatic heterocycles. The van der Waals surface area contributed by atoms with Gasteiger partial charge in [0.1, 0.15) is 0 Å². The molecule has 2 rings (SSSR count). The van der Waals surface area contributed by atoms with E-state index in [9.17, 15) is 14.9 Å². The number of rotatable bonds is 3. The van der Waals surface area contributed by atoms with Gasteiger partial charge in [-0.1, -0.05) is 23.8 Å². The second-order valence-electron chi connectivity index (χ2n) is 5.17. The Labute approximate surface area is 117 Å². The molecule has 0 bridgehead atoms. The van der Waals surface area contributed by atoms with Gasteiger partial charge in [-0.3, -0.25) is 14.9 Å². The van der Waals surface area contributed by atoms with Crippen LogP contribution in [-0.4, -0.2) is 17.9 Å². The summed E-state index contributed by atoms with van der Waals surface area (Å²) in [6.07, 6.45) is 3.63. The number of carbonyl (C=O) groups excluding carboxylic acids is 1. The van der Waals surface area contributed by atoms with Crippen molar-refractivity contribution < 1.29 is 9.72 Å². The van der Waals surface area contributed by atoms with Crippen molar-refractivity contribution in [3.05, 3.63) is 51.6 Å². The lowest BCUT2D eigenvalue weighted by Crippen LogP contribution is -2.33. The summed E-state index contributed by atoms with van der Waals surface area (Å²) < 4.78 is 0. The monoisotopic (exact) mass is 274 g/mol. The number of benzene rings is 1. The van der Waals surface area contributed by atoms with E-state index in [1.165, 1.54) is 17.7 Å². The van der Waals surface area contributed by atoms with Crippen molar-refractivity contribution >= 4 is 11.6 Å². The second kappa shape index (κ2) is 5.86. The first-order valence-corrected chi connectivity index (χ1v) is 6.64. The number of amides is 1. The first kappa shape index (κ1) is 14.2. The molecule has 106 valence electrons. The molecule has 0 fully saturated rings. The Balaban J connectivity index is 2.29. The molecular formula is C15H18N2O3. The summed E-state index contributed by atoms with van der Waals surface area (Å²) in [5, 5.41) is 13.4. The first-order valence-electron chi connectivity index (χ1n) is 6.64. The normalized spacial score (nSPS) is 22.0. The van der Waals surface area contributed by atoms with Gasteiger partial charge in [-0.05, 0) is 31.2 Å². The average molecular weight is 274 g/mol. The summed E-state index contributed by atoms with van der Waals surface area (Å²) in [6.45, 7) is 2.05. The van der Waals surface area contributed by atoms with Crippen LogP contribution in [-0.2, 0) is 4.79 Å². The van der Waals surface area contributed by atoms with Crippen LogP contribution < -0.4 is 5.32 Å². The minimum atomic E-state index is -0.411. The predicted octanol–water partition coefficient (Wildman–Crippen LogP) is 2.78. The Morgan fingerprint density at radius 1 is 1.35 bits per heavy atom. The fraction of sp³-hybridized carbons (Fsp3) is 0.400. The molecule has 1 aromatic rings. The van der Waals surface area contributed by atoms with Gasteiger partial charge in [0.05, 0.1) is 4.92 Å². The van der Waals surface area contributed by atoms with Crippen LogP contribution in [0.1, 0.15) is 31.2 Å². The van der Waals surface area contributed by atoms with Crippen molar-refractivity contribution in [3.63, 3.8) is 0 Å². The van der Waals surface area contributed by atoms with Crippen molar-refractivity contribution in [2.75, 3.05) is 7.05 Å². The van der Waals surface area contributed by atoms with Crippen LogP contribution in [0.3, 0.4) is 0 Å². The molecule has 0 heterocycles. The van der Waals surface area contributed by atoms with Crippen molar-refractivity contribution in [3.8, 4) is 0 Å². The van der Waals surface area contributed by atoms with E-state index in [4.69, 9.17) is 0 Å². The molecule has 1 N–H and O–H groups in total. The van der Waals surface area contributed by atoms with Gasteiger partial charge < -0.3 is 5.32 Å². The number of nitro groups is 1. The van der Waals surface area contributed by atoms with Crippen LogP contribution in [0.25, 0.3) is 0 Å². The number of nitrogens with one attached hydrogen (secondary N) is 1. The molecular weight excluding hydrogens is 256 g/mol. The molecule has 5 nitrogen and oxygen atoms in total. The zero-order valence-electron chi connectivity index (χ0n) is 11.6. The van der Waals surface area contributed by atoms with Crippen molar-refractivity contribution in [2.45, 2.75) is 25.7 Å². The maximum atomic E-state index is 12.0.